The highest BCUT2D eigenvalue weighted by molar-refractivity contribution is 5.77. The second-order valence-electron chi connectivity index (χ2n) is 5.10. The highest BCUT2D eigenvalue weighted by Gasteiger charge is 2.08. The monoisotopic (exact) mass is 256 g/mol. The van der Waals surface area contributed by atoms with Gasteiger partial charge in [-0.3, -0.25) is 4.79 Å². The van der Waals surface area contributed by atoms with E-state index in [1.54, 1.807) is 7.11 Å². The van der Waals surface area contributed by atoms with Crippen LogP contribution in [0.3, 0.4) is 0 Å². The smallest absolute Gasteiger partial charge is 0.245 e. The number of methoxy groups -OCH3 is 1. The molecule has 0 saturated carbocycles. The van der Waals surface area contributed by atoms with Gasteiger partial charge in [0.2, 0.25) is 5.91 Å². The fraction of sp³-hybridized carbons (Fsp3) is 0.929. The van der Waals surface area contributed by atoms with Gasteiger partial charge >= 0.3 is 0 Å². The van der Waals surface area contributed by atoms with Crippen LogP contribution in [-0.2, 0) is 9.53 Å². The van der Waals surface area contributed by atoms with E-state index in [9.17, 15) is 4.79 Å². The minimum atomic E-state index is -0.00850. The van der Waals surface area contributed by atoms with E-state index in [1.165, 1.54) is 58.2 Å². The normalized spacial score (nSPS) is 16.7. The molecule has 0 aromatic carbocycles. The van der Waals surface area contributed by atoms with Gasteiger partial charge in [-0.1, -0.05) is 19.3 Å². The van der Waals surface area contributed by atoms with Crippen LogP contribution in [0.5, 0.6) is 0 Å². The molecule has 0 aromatic heterocycles. The zero-order valence-electron chi connectivity index (χ0n) is 11.7. The number of rotatable bonds is 9. The number of carbonyl (C=O) groups is 1. The van der Waals surface area contributed by atoms with Crippen molar-refractivity contribution in [1.82, 2.24) is 10.2 Å². The van der Waals surface area contributed by atoms with Crippen molar-refractivity contribution in [2.75, 3.05) is 39.9 Å². The Morgan fingerprint density at radius 3 is 2.56 bits per heavy atom. The quantitative estimate of drug-likeness (QED) is 0.640. The predicted octanol–water partition coefficient (Wildman–Crippen LogP) is 1.80. The highest BCUT2D eigenvalue weighted by atomic mass is 16.5. The Bertz CT molecular complexity index is 216. The zero-order valence-corrected chi connectivity index (χ0v) is 11.7. The molecule has 1 amide bonds. The van der Waals surface area contributed by atoms with E-state index < -0.39 is 0 Å². The topological polar surface area (TPSA) is 41.6 Å². The maximum atomic E-state index is 11.1. The first-order valence-electron chi connectivity index (χ1n) is 7.31. The van der Waals surface area contributed by atoms with Crippen molar-refractivity contribution in [2.24, 2.45) is 0 Å². The lowest BCUT2D eigenvalue weighted by molar-refractivity contribution is -0.124. The first-order chi connectivity index (χ1) is 8.83. The summed E-state index contributed by atoms with van der Waals surface area (Å²) in [6.07, 6.45) is 9.04. The summed E-state index contributed by atoms with van der Waals surface area (Å²) in [6, 6.07) is 0. The maximum Gasteiger partial charge on any atom is 0.245 e. The van der Waals surface area contributed by atoms with Crippen LogP contribution in [0, 0.1) is 0 Å². The van der Waals surface area contributed by atoms with Crippen molar-refractivity contribution in [2.45, 2.75) is 44.9 Å². The molecule has 0 unspecified atom stereocenters. The summed E-state index contributed by atoms with van der Waals surface area (Å²) < 4.78 is 4.75. The van der Waals surface area contributed by atoms with Crippen molar-refractivity contribution >= 4 is 5.91 Å². The van der Waals surface area contributed by atoms with Crippen molar-refractivity contribution in [3.05, 3.63) is 0 Å². The number of nitrogens with zero attached hydrogens (tertiary/aromatic N) is 1. The van der Waals surface area contributed by atoms with Crippen LogP contribution in [0.1, 0.15) is 44.9 Å². The van der Waals surface area contributed by atoms with Crippen LogP contribution >= 0.6 is 0 Å². The molecule has 0 bridgehead atoms. The van der Waals surface area contributed by atoms with Gasteiger partial charge in [0.25, 0.3) is 0 Å². The largest absolute Gasteiger partial charge is 0.375 e. The summed E-state index contributed by atoms with van der Waals surface area (Å²) in [6.45, 7) is 4.82. The average Bonchev–Trinajstić information content (AvgIpc) is 2.39. The Kier molecular flexibility index (Phi) is 8.86. The van der Waals surface area contributed by atoms with Crippen molar-refractivity contribution in [3.8, 4) is 0 Å². The molecule has 1 aliphatic rings. The molecule has 1 rings (SSSR count). The Morgan fingerprint density at radius 2 is 1.83 bits per heavy atom. The third-order valence-electron chi connectivity index (χ3n) is 3.45. The number of hydrogen-bond acceptors (Lipinski definition) is 3. The van der Waals surface area contributed by atoms with Crippen LogP contribution in [-0.4, -0.2) is 50.7 Å². The Morgan fingerprint density at radius 1 is 1.11 bits per heavy atom. The van der Waals surface area contributed by atoms with E-state index in [-0.39, 0.29) is 12.5 Å². The number of nitrogens with one attached hydrogen (secondary N) is 1. The van der Waals surface area contributed by atoms with Crippen molar-refractivity contribution < 1.29 is 9.53 Å². The molecule has 0 atom stereocenters. The van der Waals surface area contributed by atoms with E-state index in [2.05, 4.69) is 10.2 Å². The first kappa shape index (κ1) is 15.4. The third-order valence-corrected chi connectivity index (χ3v) is 3.45. The van der Waals surface area contributed by atoms with E-state index in [4.69, 9.17) is 4.74 Å². The number of likely N-dealkylation sites (tertiary alicyclic amines) is 1. The van der Waals surface area contributed by atoms with Crippen LogP contribution in [0.25, 0.3) is 0 Å². The third kappa shape index (κ3) is 7.67. The summed E-state index contributed by atoms with van der Waals surface area (Å²) in [7, 11) is 1.54. The molecule has 106 valence electrons. The van der Waals surface area contributed by atoms with Gasteiger partial charge < -0.3 is 15.0 Å². The summed E-state index contributed by atoms with van der Waals surface area (Å²) in [5.41, 5.74) is 0. The van der Waals surface area contributed by atoms with Crippen LogP contribution in [0.15, 0.2) is 0 Å². The molecule has 1 saturated heterocycles. The van der Waals surface area contributed by atoms with E-state index in [1.807, 2.05) is 0 Å². The molecular weight excluding hydrogens is 228 g/mol. The molecule has 1 aliphatic heterocycles. The Balaban J connectivity index is 1.82. The standard InChI is InChI=1S/C14H28N2O2/c1-18-13-14(17)15-9-5-2-3-6-10-16-11-7-4-8-12-16/h2-13H2,1H3,(H,15,17). The molecular formula is C14H28N2O2. The highest BCUT2D eigenvalue weighted by Crippen LogP contribution is 2.10. The van der Waals surface area contributed by atoms with E-state index in [0.29, 0.717) is 0 Å². The molecule has 4 nitrogen and oxygen atoms in total. The van der Waals surface area contributed by atoms with Crippen LogP contribution < -0.4 is 5.32 Å². The molecule has 4 heteroatoms. The van der Waals surface area contributed by atoms with Crippen molar-refractivity contribution in [1.29, 1.82) is 0 Å². The fourth-order valence-electron chi connectivity index (χ4n) is 2.41. The number of hydrogen-bond donors (Lipinski definition) is 1. The van der Waals surface area contributed by atoms with Gasteiger partial charge in [-0.25, -0.2) is 0 Å². The minimum absolute atomic E-state index is 0.00850. The summed E-state index contributed by atoms with van der Waals surface area (Å²) in [5, 5.41) is 2.85. The van der Waals surface area contributed by atoms with Gasteiger partial charge in [0.05, 0.1) is 0 Å². The predicted molar refractivity (Wildman–Crippen MR) is 73.6 cm³/mol. The lowest BCUT2D eigenvalue weighted by Crippen LogP contribution is -2.30. The summed E-state index contributed by atoms with van der Waals surface area (Å²) >= 11 is 0. The molecule has 1 fully saturated rings. The molecule has 1 N–H and O–H groups in total. The molecule has 0 aromatic rings. The molecule has 0 spiro atoms. The van der Waals surface area contributed by atoms with Gasteiger partial charge in [-0.2, -0.15) is 0 Å². The number of carbonyl (C=O) groups excluding carboxylic acids is 1. The summed E-state index contributed by atoms with van der Waals surface area (Å²) in [5.74, 6) is -0.00850. The number of unbranched alkanes of at least 4 members (excludes halogenated alkanes) is 3. The zero-order chi connectivity index (χ0) is 13.1. The van der Waals surface area contributed by atoms with Gasteiger partial charge in [0.15, 0.2) is 0 Å². The SMILES string of the molecule is COCC(=O)NCCCCCCN1CCCCC1. The Labute approximate surface area is 111 Å². The number of ether oxygens (including phenoxy) is 1. The molecule has 0 aliphatic carbocycles. The minimum Gasteiger partial charge on any atom is -0.375 e. The van der Waals surface area contributed by atoms with Crippen molar-refractivity contribution in [3.63, 3.8) is 0 Å². The number of amides is 1. The van der Waals surface area contributed by atoms with E-state index >= 15 is 0 Å². The van der Waals surface area contributed by atoms with Gasteiger partial charge in [0, 0.05) is 13.7 Å². The second-order valence-corrected chi connectivity index (χ2v) is 5.10. The molecule has 18 heavy (non-hydrogen) atoms. The van der Waals surface area contributed by atoms with Crippen LogP contribution in [0.4, 0.5) is 0 Å². The maximum absolute atomic E-state index is 11.1. The lowest BCUT2D eigenvalue weighted by Gasteiger charge is -2.26. The van der Waals surface area contributed by atoms with E-state index in [0.717, 1.165) is 13.0 Å². The molecule has 0 radical (unpaired) electrons. The second kappa shape index (κ2) is 10.3. The average molecular weight is 256 g/mol. The van der Waals surface area contributed by atoms with Crippen LogP contribution in [0.2, 0.25) is 0 Å². The van der Waals surface area contributed by atoms with Gasteiger partial charge in [0.1, 0.15) is 6.61 Å². The fourth-order valence-corrected chi connectivity index (χ4v) is 2.41. The first-order valence-corrected chi connectivity index (χ1v) is 7.31. The van der Waals surface area contributed by atoms with Gasteiger partial charge in [-0.15, -0.1) is 0 Å². The molecule has 1 heterocycles. The number of piperidine rings is 1. The Hall–Kier alpha value is -0.610. The van der Waals surface area contributed by atoms with Gasteiger partial charge in [-0.05, 0) is 45.3 Å². The lowest BCUT2D eigenvalue weighted by atomic mass is 10.1. The summed E-state index contributed by atoms with van der Waals surface area (Å²) in [4.78, 5) is 13.7.